The van der Waals surface area contributed by atoms with E-state index in [0.717, 1.165) is 6.42 Å². The summed E-state index contributed by atoms with van der Waals surface area (Å²) in [4.78, 5) is 0. The topological polar surface area (TPSA) is 0 Å². The zero-order valence-electron chi connectivity index (χ0n) is 7.29. The van der Waals surface area contributed by atoms with E-state index < -0.39 is 0 Å². The third-order valence-electron chi connectivity index (χ3n) is 1.92. The molecule has 67 valence electrons. The van der Waals surface area contributed by atoms with E-state index in [1.807, 2.05) is 6.08 Å². The fourth-order valence-electron chi connectivity index (χ4n) is 1.30. The van der Waals surface area contributed by atoms with Gasteiger partial charge in [-0.3, -0.25) is 0 Å². The molecule has 0 aromatic heterocycles. The SMILES string of the molecule is C=CC=C(CC)C1C=CC=C1.[Ir]. The molecule has 0 saturated carbocycles. The van der Waals surface area contributed by atoms with Crippen LogP contribution < -0.4 is 0 Å². The summed E-state index contributed by atoms with van der Waals surface area (Å²) in [5.41, 5.74) is 1.44. The van der Waals surface area contributed by atoms with E-state index in [1.165, 1.54) is 5.57 Å². The Kier molecular flexibility index (Phi) is 5.96. The van der Waals surface area contributed by atoms with Crippen LogP contribution in [0, 0.1) is 5.92 Å². The van der Waals surface area contributed by atoms with Gasteiger partial charge in [-0.15, -0.1) is 0 Å². The molecule has 0 atom stereocenters. The Morgan fingerprint density at radius 1 is 1.42 bits per heavy atom. The van der Waals surface area contributed by atoms with Crippen molar-refractivity contribution in [1.82, 2.24) is 0 Å². The van der Waals surface area contributed by atoms with Crippen molar-refractivity contribution in [2.24, 2.45) is 5.92 Å². The Balaban J connectivity index is 0.00000121. The monoisotopic (exact) mass is 339 g/mol. The van der Waals surface area contributed by atoms with E-state index in [1.54, 1.807) is 0 Å². The summed E-state index contributed by atoms with van der Waals surface area (Å²) in [7, 11) is 0. The number of hydrogen-bond donors (Lipinski definition) is 0. The van der Waals surface area contributed by atoms with Crippen LogP contribution in [-0.4, -0.2) is 0 Å². The van der Waals surface area contributed by atoms with Gasteiger partial charge in [-0.2, -0.15) is 0 Å². The maximum Gasteiger partial charge on any atom is 0.0166 e. The molecule has 0 amide bonds. The quantitative estimate of drug-likeness (QED) is 0.693. The summed E-state index contributed by atoms with van der Waals surface area (Å²) in [5.74, 6) is 0.526. The molecule has 0 N–H and O–H groups in total. The first-order chi connectivity index (χ1) is 5.38. The van der Waals surface area contributed by atoms with Crippen molar-refractivity contribution in [2.45, 2.75) is 13.3 Å². The van der Waals surface area contributed by atoms with Crippen LogP contribution in [0.4, 0.5) is 0 Å². The van der Waals surface area contributed by atoms with Crippen LogP contribution in [-0.2, 0) is 20.1 Å². The number of rotatable bonds is 3. The van der Waals surface area contributed by atoms with Crippen LogP contribution >= 0.6 is 0 Å². The molecule has 1 aliphatic rings. The number of hydrogen-bond acceptors (Lipinski definition) is 0. The van der Waals surface area contributed by atoms with Crippen molar-refractivity contribution in [1.29, 1.82) is 0 Å². The van der Waals surface area contributed by atoms with Crippen molar-refractivity contribution in [3.8, 4) is 0 Å². The zero-order valence-corrected chi connectivity index (χ0v) is 9.68. The second-order valence-corrected chi connectivity index (χ2v) is 2.63. The molecular weight excluding hydrogens is 324 g/mol. The minimum absolute atomic E-state index is 0. The average molecular weight is 338 g/mol. The zero-order chi connectivity index (χ0) is 8.10. The van der Waals surface area contributed by atoms with Crippen LogP contribution in [0.25, 0.3) is 0 Å². The van der Waals surface area contributed by atoms with Gasteiger partial charge in [0.1, 0.15) is 0 Å². The fourth-order valence-corrected chi connectivity index (χ4v) is 1.30. The predicted octanol–water partition coefficient (Wildman–Crippen LogP) is 3.25. The third kappa shape index (κ3) is 2.92. The molecule has 0 aliphatic heterocycles. The maximum absolute atomic E-state index is 3.70. The Labute approximate surface area is 88.1 Å². The van der Waals surface area contributed by atoms with Gasteiger partial charge in [0, 0.05) is 26.0 Å². The summed E-state index contributed by atoms with van der Waals surface area (Å²) in [6.07, 6.45) is 13.7. The molecule has 0 spiro atoms. The van der Waals surface area contributed by atoms with Gasteiger partial charge in [0.2, 0.25) is 0 Å². The van der Waals surface area contributed by atoms with Crippen molar-refractivity contribution in [3.63, 3.8) is 0 Å². The molecule has 0 saturated heterocycles. The molecule has 0 bridgehead atoms. The molecule has 0 fully saturated rings. The molecule has 1 radical (unpaired) electrons. The van der Waals surface area contributed by atoms with Gasteiger partial charge in [0.05, 0.1) is 0 Å². The predicted molar refractivity (Wildman–Crippen MR) is 50.3 cm³/mol. The van der Waals surface area contributed by atoms with Gasteiger partial charge in [-0.1, -0.05) is 55.5 Å². The Morgan fingerprint density at radius 3 is 2.42 bits per heavy atom. The van der Waals surface area contributed by atoms with Crippen LogP contribution in [0.5, 0.6) is 0 Å². The molecule has 0 aromatic carbocycles. The minimum Gasteiger partial charge on any atom is -0.0991 e. The first-order valence-electron chi connectivity index (χ1n) is 4.05. The van der Waals surface area contributed by atoms with Crippen molar-refractivity contribution in [3.05, 3.63) is 48.6 Å². The molecule has 1 aliphatic carbocycles. The van der Waals surface area contributed by atoms with Gasteiger partial charge in [-0.05, 0) is 6.42 Å². The first-order valence-corrected chi connectivity index (χ1v) is 4.05. The Hall–Kier alpha value is -0.391. The Morgan fingerprint density at radius 2 is 2.00 bits per heavy atom. The molecule has 0 unspecified atom stereocenters. The maximum atomic E-state index is 3.70. The van der Waals surface area contributed by atoms with Gasteiger partial charge < -0.3 is 0 Å². The number of allylic oxidation sites excluding steroid dienone is 7. The molecule has 0 heterocycles. The van der Waals surface area contributed by atoms with Crippen molar-refractivity contribution in [2.75, 3.05) is 0 Å². The molecule has 0 nitrogen and oxygen atoms in total. The summed E-state index contributed by atoms with van der Waals surface area (Å²) < 4.78 is 0. The van der Waals surface area contributed by atoms with Crippen LogP contribution in [0.3, 0.4) is 0 Å². The van der Waals surface area contributed by atoms with E-state index in [2.05, 4.69) is 43.9 Å². The molecule has 1 heteroatoms. The van der Waals surface area contributed by atoms with Crippen LogP contribution in [0.2, 0.25) is 0 Å². The first kappa shape index (κ1) is 11.6. The van der Waals surface area contributed by atoms with E-state index in [-0.39, 0.29) is 20.1 Å². The summed E-state index contributed by atoms with van der Waals surface area (Å²) in [5, 5.41) is 0. The summed E-state index contributed by atoms with van der Waals surface area (Å²) in [6.45, 7) is 5.87. The van der Waals surface area contributed by atoms with E-state index in [9.17, 15) is 0 Å². The second kappa shape index (κ2) is 6.16. The largest absolute Gasteiger partial charge is 0.0991 e. The van der Waals surface area contributed by atoms with Gasteiger partial charge in [0.15, 0.2) is 0 Å². The molecule has 0 aromatic rings. The minimum atomic E-state index is 0. The summed E-state index contributed by atoms with van der Waals surface area (Å²) >= 11 is 0. The third-order valence-corrected chi connectivity index (χ3v) is 1.92. The summed E-state index contributed by atoms with van der Waals surface area (Å²) in [6, 6.07) is 0. The van der Waals surface area contributed by atoms with Crippen LogP contribution in [0.1, 0.15) is 13.3 Å². The van der Waals surface area contributed by atoms with Gasteiger partial charge in [-0.25, -0.2) is 0 Å². The molecular formula is C11H14Ir. The Bertz CT molecular complexity index is 209. The van der Waals surface area contributed by atoms with E-state index in [4.69, 9.17) is 0 Å². The molecule has 1 rings (SSSR count). The average Bonchev–Trinajstić information content (AvgIpc) is 2.52. The van der Waals surface area contributed by atoms with Gasteiger partial charge >= 0.3 is 0 Å². The van der Waals surface area contributed by atoms with E-state index >= 15 is 0 Å². The molecule has 12 heavy (non-hydrogen) atoms. The second-order valence-electron chi connectivity index (χ2n) is 2.63. The van der Waals surface area contributed by atoms with Gasteiger partial charge in [0.25, 0.3) is 0 Å². The van der Waals surface area contributed by atoms with Crippen molar-refractivity contribution >= 4 is 0 Å². The smallest absolute Gasteiger partial charge is 0.0166 e. The van der Waals surface area contributed by atoms with Crippen molar-refractivity contribution < 1.29 is 20.1 Å². The standard InChI is InChI=1S/C11H14.Ir/c1-3-7-10(4-2)11-8-5-6-9-11;/h3,5-9,11H,1,4H2,2H3;. The normalized spacial score (nSPS) is 16.2. The van der Waals surface area contributed by atoms with E-state index in [0.29, 0.717) is 5.92 Å². The fraction of sp³-hybridized carbons (Fsp3) is 0.273. The van der Waals surface area contributed by atoms with Crippen LogP contribution in [0.15, 0.2) is 48.6 Å².